The summed E-state index contributed by atoms with van der Waals surface area (Å²) in [6.45, 7) is 4.43. The second-order valence-corrected chi connectivity index (χ2v) is 6.64. The first-order valence-corrected chi connectivity index (χ1v) is 7.89. The zero-order valence-corrected chi connectivity index (χ0v) is 12.5. The third kappa shape index (κ3) is 5.28. The van der Waals surface area contributed by atoms with Gasteiger partial charge in [-0.2, -0.15) is 0 Å². The van der Waals surface area contributed by atoms with Crippen LogP contribution in [0.2, 0.25) is 0 Å². The quantitative estimate of drug-likeness (QED) is 0.669. The van der Waals surface area contributed by atoms with E-state index in [1.807, 2.05) is 13.8 Å². The van der Waals surface area contributed by atoms with E-state index in [-0.39, 0.29) is 23.9 Å². The lowest BCUT2D eigenvalue weighted by Gasteiger charge is -2.09. The minimum atomic E-state index is -3.69. The number of amides is 1. The number of carbonyl (C=O) groups is 1. The minimum Gasteiger partial charge on any atom is -0.355 e. The van der Waals surface area contributed by atoms with Gasteiger partial charge in [0.15, 0.2) is 0 Å². The van der Waals surface area contributed by atoms with Crippen molar-refractivity contribution >= 4 is 15.9 Å². The second-order valence-electron chi connectivity index (χ2n) is 4.87. The third-order valence-electron chi connectivity index (χ3n) is 2.57. The van der Waals surface area contributed by atoms with Gasteiger partial charge in [-0.15, -0.1) is 0 Å². The Bertz CT molecular complexity index is 556. The average molecular weight is 299 g/mol. The standard InChI is InChI=1S/C13H21N3O3S/c1-10(2)8-15-13(17)9-16-20(18,19)12-5-3-4-11(6-12)7-14/h3-6,10,16H,7-9,14H2,1-2H3,(H,15,17). The van der Waals surface area contributed by atoms with Crippen molar-refractivity contribution in [1.29, 1.82) is 0 Å². The van der Waals surface area contributed by atoms with Crippen molar-refractivity contribution in [2.75, 3.05) is 13.1 Å². The largest absolute Gasteiger partial charge is 0.355 e. The Kier molecular flexibility index (Phi) is 6.12. The summed E-state index contributed by atoms with van der Waals surface area (Å²) in [5.74, 6) is -0.0333. The smallest absolute Gasteiger partial charge is 0.241 e. The van der Waals surface area contributed by atoms with Crippen LogP contribution >= 0.6 is 0 Å². The first-order valence-electron chi connectivity index (χ1n) is 6.40. The van der Waals surface area contributed by atoms with Crippen LogP contribution in [0.25, 0.3) is 0 Å². The lowest BCUT2D eigenvalue weighted by atomic mass is 10.2. The predicted octanol–water partition coefficient (Wildman–Crippen LogP) is 0.196. The number of benzene rings is 1. The van der Waals surface area contributed by atoms with Crippen LogP contribution in [0.3, 0.4) is 0 Å². The van der Waals surface area contributed by atoms with E-state index in [4.69, 9.17) is 5.73 Å². The van der Waals surface area contributed by atoms with E-state index < -0.39 is 10.0 Å². The molecule has 0 atom stereocenters. The van der Waals surface area contributed by atoms with E-state index in [0.29, 0.717) is 12.5 Å². The number of carbonyl (C=O) groups excluding carboxylic acids is 1. The molecular formula is C13H21N3O3S. The van der Waals surface area contributed by atoms with Gasteiger partial charge < -0.3 is 11.1 Å². The van der Waals surface area contributed by atoms with Crippen molar-refractivity contribution in [3.05, 3.63) is 29.8 Å². The van der Waals surface area contributed by atoms with E-state index in [2.05, 4.69) is 10.0 Å². The summed E-state index contributed by atoms with van der Waals surface area (Å²) in [7, 11) is -3.69. The summed E-state index contributed by atoms with van der Waals surface area (Å²) in [5.41, 5.74) is 6.19. The van der Waals surface area contributed by atoms with Crippen LogP contribution in [0, 0.1) is 5.92 Å². The van der Waals surface area contributed by atoms with E-state index >= 15 is 0 Å². The maximum absolute atomic E-state index is 12.0. The van der Waals surface area contributed by atoms with Gasteiger partial charge in [0.2, 0.25) is 15.9 Å². The second kappa shape index (κ2) is 7.37. The molecule has 0 saturated carbocycles. The molecule has 1 aromatic carbocycles. The Labute approximate surface area is 119 Å². The van der Waals surface area contributed by atoms with Gasteiger partial charge in [0.1, 0.15) is 0 Å². The fourth-order valence-electron chi connectivity index (χ4n) is 1.46. The third-order valence-corrected chi connectivity index (χ3v) is 3.97. The van der Waals surface area contributed by atoms with Crippen molar-refractivity contribution in [2.45, 2.75) is 25.3 Å². The first kappa shape index (κ1) is 16.6. The lowest BCUT2D eigenvalue weighted by Crippen LogP contribution is -2.38. The molecule has 112 valence electrons. The van der Waals surface area contributed by atoms with Crippen LogP contribution in [0.1, 0.15) is 19.4 Å². The Morgan fingerprint density at radius 1 is 1.35 bits per heavy atom. The van der Waals surface area contributed by atoms with Crippen LogP contribution in [0.15, 0.2) is 29.2 Å². The summed E-state index contributed by atoms with van der Waals surface area (Å²) in [6.07, 6.45) is 0. The van der Waals surface area contributed by atoms with Gasteiger partial charge in [0, 0.05) is 13.1 Å². The molecule has 0 unspecified atom stereocenters. The monoisotopic (exact) mass is 299 g/mol. The summed E-state index contributed by atoms with van der Waals surface area (Å²) in [6, 6.07) is 6.33. The van der Waals surface area contributed by atoms with E-state index in [0.717, 1.165) is 5.56 Å². The summed E-state index contributed by atoms with van der Waals surface area (Å²) >= 11 is 0. The summed E-state index contributed by atoms with van der Waals surface area (Å²) < 4.78 is 26.3. The molecule has 6 nitrogen and oxygen atoms in total. The molecule has 0 aliphatic heterocycles. The Morgan fingerprint density at radius 2 is 2.05 bits per heavy atom. The topological polar surface area (TPSA) is 101 Å². The molecule has 1 amide bonds. The summed E-state index contributed by atoms with van der Waals surface area (Å²) in [5, 5.41) is 2.64. The van der Waals surface area contributed by atoms with Gasteiger partial charge in [-0.25, -0.2) is 13.1 Å². The Hall–Kier alpha value is -1.44. The number of nitrogens with two attached hydrogens (primary N) is 1. The van der Waals surface area contributed by atoms with Crippen molar-refractivity contribution in [3.63, 3.8) is 0 Å². The minimum absolute atomic E-state index is 0.108. The molecule has 0 spiro atoms. The van der Waals surface area contributed by atoms with Gasteiger partial charge in [0.25, 0.3) is 0 Å². The van der Waals surface area contributed by atoms with Gasteiger partial charge in [-0.1, -0.05) is 26.0 Å². The number of hydrogen-bond donors (Lipinski definition) is 3. The molecule has 0 bridgehead atoms. The molecule has 1 aromatic rings. The molecule has 0 aromatic heterocycles. The molecule has 20 heavy (non-hydrogen) atoms. The molecule has 7 heteroatoms. The molecule has 4 N–H and O–H groups in total. The maximum atomic E-state index is 12.0. The Morgan fingerprint density at radius 3 is 2.65 bits per heavy atom. The molecule has 0 saturated heterocycles. The molecule has 0 aliphatic carbocycles. The van der Waals surface area contributed by atoms with Crippen molar-refractivity contribution in [2.24, 2.45) is 11.7 Å². The van der Waals surface area contributed by atoms with Crippen LogP contribution < -0.4 is 15.8 Å². The number of hydrogen-bond acceptors (Lipinski definition) is 4. The Balaban J connectivity index is 2.63. The van der Waals surface area contributed by atoms with Crippen LogP contribution in [-0.4, -0.2) is 27.4 Å². The number of rotatable bonds is 7. The number of nitrogens with one attached hydrogen (secondary N) is 2. The van der Waals surface area contributed by atoms with Crippen molar-refractivity contribution in [3.8, 4) is 0 Å². The highest BCUT2D eigenvalue weighted by molar-refractivity contribution is 7.89. The molecule has 1 rings (SSSR count). The molecule has 0 fully saturated rings. The highest BCUT2D eigenvalue weighted by Gasteiger charge is 2.15. The lowest BCUT2D eigenvalue weighted by molar-refractivity contribution is -0.120. The molecular weight excluding hydrogens is 278 g/mol. The zero-order valence-electron chi connectivity index (χ0n) is 11.7. The molecule has 0 heterocycles. The van der Waals surface area contributed by atoms with Gasteiger partial charge in [-0.05, 0) is 23.6 Å². The predicted molar refractivity (Wildman–Crippen MR) is 77.4 cm³/mol. The maximum Gasteiger partial charge on any atom is 0.241 e. The van der Waals surface area contributed by atoms with E-state index in [1.165, 1.54) is 12.1 Å². The van der Waals surface area contributed by atoms with Gasteiger partial charge >= 0.3 is 0 Å². The SMILES string of the molecule is CC(C)CNC(=O)CNS(=O)(=O)c1cccc(CN)c1. The highest BCUT2D eigenvalue weighted by Crippen LogP contribution is 2.10. The van der Waals surface area contributed by atoms with Crippen molar-refractivity contribution in [1.82, 2.24) is 10.0 Å². The molecule has 0 aliphatic rings. The highest BCUT2D eigenvalue weighted by atomic mass is 32.2. The first-order chi connectivity index (χ1) is 9.35. The van der Waals surface area contributed by atoms with Gasteiger partial charge in [-0.3, -0.25) is 4.79 Å². The van der Waals surface area contributed by atoms with Crippen molar-refractivity contribution < 1.29 is 13.2 Å². The summed E-state index contributed by atoms with van der Waals surface area (Å²) in [4.78, 5) is 11.6. The average Bonchev–Trinajstić information content (AvgIpc) is 2.43. The van der Waals surface area contributed by atoms with Crippen LogP contribution in [0.5, 0.6) is 0 Å². The fraction of sp³-hybridized carbons (Fsp3) is 0.462. The van der Waals surface area contributed by atoms with E-state index in [1.54, 1.807) is 12.1 Å². The molecule has 0 radical (unpaired) electrons. The van der Waals surface area contributed by atoms with Gasteiger partial charge in [0.05, 0.1) is 11.4 Å². The van der Waals surface area contributed by atoms with Crippen LogP contribution in [-0.2, 0) is 21.4 Å². The number of sulfonamides is 1. The zero-order chi connectivity index (χ0) is 15.2. The normalized spacial score (nSPS) is 11.6. The van der Waals surface area contributed by atoms with E-state index in [9.17, 15) is 13.2 Å². The fourth-order valence-corrected chi connectivity index (χ4v) is 2.52. The van der Waals surface area contributed by atoms with Crippen LogP contribution in [0.4, 0.5) is 0 Å².